The van der Waals surface area contributed by atoms with Gasteiger partial charge in [-0.25, -0.2) is 18.1 Å². The molecule has 5 N–H and O–H groups in total. The lowest BCUT2D eigenvalue weighted by atomic mass is 10.2. The van der Waals surface area contributed by atoms with Gasteiger partial charge in [-0.1, -0.05) is 5.16 Å². The fourth-order valence-corrected chi connectivity index (χ4v) is 2.47. The molecule has 0 spiro atoms. The van der Waals surface area contributed by atoms with Crippen LogP contribution >= 0.6 is 0 Å². The van der Waals surface area contributed by atoms with Crippen molar-refractivity contribution in [1.29, 1.82) is 0 Å². The molecule has 0 saturated heterocycles. The van der Waals surface area contributed by atoms with E-state index in [1.165, 1.54) is 6.20 Å². The van der Waals surface area contributed by atoms with Crippen molar-refractivity contribution in [3.05, 3.63) is 12.0 Å². The van der Waals surface area contributed by atoms with Crippen LogP contribution in [-0.4, -0.2) is 35.5 Å². The Labute approximate surface area is 99.0 Å². The van der Waals surface area contributed by atoms with Gasteiger partial charge in [0.05, 0.1) is 6.20 Å². The van der Waals surface area contributed by atoms with Gasteiger partial charge in [0, 0.05) is 12.5 Å². The molecule has 0 aliphatic carbocycles. The molecule has 0 bridgehead atoms. The van der Waals surface area contributed by atoms with Crippen molar-refractivity contribution in [2.75, 3.05) is 0 Å². The SMILES string of the molecule is Cc1ncc(S(=O)(=O)NC(C)C/C(N)=N/O)[nH]1. The van der Waals surface area contributed by atoms with E-state index in [2.05, 4.69) is 19.8 Å². The highest BCUT2D eigenvalue weighted by atomic mass is 32.2. The molecule has 1 atom stereocenters. The van der Waals surface area contributed by atoms with Crippen molar-refractivity contribution >= 4 is 15.9 Å². The van der Waals surface area contributed by atoms with E-state index >= 15 is 0 Å². The molecular weight excluding hydrogens is 246 g/mol. The quantitative estimate of drug-likeness (QED) is 0.246. The molecule has 17 heavy (non-hydrogen) atoms. The predicted molar refractivity (Wildman–Crippen MR) is 61.1 cm³/mol. The maximum absolute atomic E-state index is 11.8. The Balaban J connectivity index is 2.74. The van der Waals surface area contributed by atoms with Gasteiger partial charge >= 0.3 is 0 Å². The highest BCUT2D eigenvalue weighted by Gasteiger charge is 2.19. The molecular formula is C8H15N5O3S. The molecule has 1 unspecified atom stereocenters. The van der Waals surface area contributed by atoms with Crippen molar-refractivity contribution in [3.63, 3.8) is 0 Å². The molecule has 0 radical (unpaired) electrons. The number of aromatic amines is 1. The molecule has 0 aromatic carbocycles. The number of sulfonamides is 1. The summed E-state index contributed by atoms with van der Waals surface area (Å²) in [5.74, 6) is 0.468. The number of H-pyrrole nitrogens is 1. The van der Waals surface area contributed by atoms with Gasteiger partial charge in [0.2, 0.25) is 0 Å². The Morgan fingerprint density at radius 2 is 2.41 bits per heavy atom. The molecule has 0 fully saturated rings. The van der Waals surface area contributed by atoms with Gasteiger partial charge in [-0.2, -0.15) is 0 Å². The number of nitrogens with two attached hydrogens (primary N) is 1. The van der Waals surface area contributed by atoms with Gasteiger partial charge in [0.1, 0.15) is 11.7 Å². The summed E-state index contributed by atoms with van der Waals surface area (Å²) in [4.78, 5) is 6.42. The first-order chi connectivity index (χ1) is 7.85. The highest BCUT2D eigenvalue weighted by molar-refractivity contribution is 7.89. The van der Waals surface area contributed by atoms with Crippen LogP contribution in [0.25, 0.3) is 0 Å². The van der Waals surface area contributed by atoms with Crippen LogP contribution in [0, 0.1) is 6.92 Å². The van der Waals surface area contributed by atoms with E-state index in [0.717, 1.165) is 0 Å². The van der Waals surface area contributed by atoms with Gasteiger partial charge in [-0.3, -0.25) is 0 Å². The topological polar surface area (TPSA) is 133 Å². The second kappa shape index (κ2) is 5.15. The first kappa shape index (κ1) is 13.5. The molecule has 8 nitrogen and oxygen atoms in total. The number of nitrogens with one attached hydrogen (secondary N) is 2. The lowest BCUT2D eigenvalue weighted by Crippen LogP contribution is -2.35. The molecule has 1 rings (SSSR count). The van der Waals surface area contributed by atoms with Crippen LogP contribution in [0.3, 0.4) is 0 Å². The van der Waals surface area contributed by atoms with Crippen molar-refractivity contribution in [3.8, 4) is 0 Å². The normalized spacial score (nSPS) is 14.8. The summed E-state index contributed by atoms with van der Waals surface area (Å²) in [5.41, 5.74) is 5.28. The van der Waals surface area contributed by atoms with Gasteiger partial charge in [0.15, 0.2) is 5.03 Å². The summed E-state index contributed by atoms with van der Waals surface area (Å²) in [6, 6.07) is -0.487. The van der Waals surface area contributed by atoms with Gasteiger partial charge in [-0.05, 0) is 13.8 Å². The summed E-state index contributed by atoms with van der Waals surface area (Å²) in [5, 5.41) is 11.1. The number of aryl methyl sites for hydroxylation is 1. The summed E-state index contributed by atoms with van der Waals surface area (Å²) in [6.07, 6.45) is 1.34. The molecule has 1 aromatic heterocycles. The van der Waals surface area contributed by atoms with Gasteiger partial charge < -0.3 is 15.9 Å². The van der Waals surface area contributed by atoms with E-state index in [1.807, 2.05) is 0 Å². The molecule has 0 amide bonds. The number of rotatable bonds is 5. The second-order valence-electron chi connectivity index (χ2n) is 3.65. The number of imidazole rings is 1. The average molecular weight is 261 g/mol. The van der Waals surface area contributed by atoms with Crippen LogP contribution in [-0.2, 0) is 10.0 Å². The first-order valence-electron chi connectivity index (χ1n) is 4.85. The third kappa shape index (κ3) is 3.71. The van der Waals surface area contributed by atoms with Gasteiger partial charge in [-0.15, -0.1) is 0 Å². The number of oxime groups is 1. The fourth-order valence-electron chi connectivity index (χ4n) is 1.26. The molecule has 0 aliphatic rings. The van der Waals surface area contributed by atoms with E-state index in [1.54, 1.807) is 13.8 Å². The lowest BCUT2D eigenvalue weighted by molar-refractivity contribution is 0.316. The zero-order chi connectivity index (χ0) is 13.1. The van der Waals surface area contributed by atoms with Crippen LogP contribution < -0.4 is 10.5 Å². The minimum absolute atomic E-state index is 0.0126. The number of amidine groups is 1. The third-order valence-electron chi connectivity index (χ3n) is 1.97. The van der Waals surface area contributed by atoms with Crippen molar-refractivity contribution < 1.29 is 13.6 Å². The van der Waals surface area contributed by atoms with E-state index in [4.69, 9.17) is 10.9 Å². The van der Waals surface area contributed by atoms with E-state index in [0.29, 0.717) is 5.82 Å². The Hall–Kier alpha value is -1.61. The van der Waals surface area contributed by atoms with E-state index in [9.17, 15) is 8.42 Å². The molecule has 9 heteroatoms. The van der Waals surface area contributed by atoms with E-state index in [-0.39, 0.29) is 17.3 Å². The zero-order valence-electron chi connectivity index (χ0n) is 9.51. The van der Waals surface area contributed by atoms with Crippen molar-refractivity contribution in [2.45, 2.75) is 31.3 Å². The third-order valence-corrected chi connectivity index (χ3v) is 3.47. The lowest BCUT2D eigenvalue weighted by Gasteiger charge is -2.11. The predicted octanol–water partition coefficient (Wildman–Crippen LogP) is -0.479. The Bertz CT molecular complexity index is 507. The maximum Gasteiger partial charge on any atom is 0.257 e. The molecule has 0 aliphatic heterocycles. The highest BCUT2D eigenvalue weighted by Crippen LogP contribution is 2.06. The summed E-state index contributed by atoms with van der Waals surface area (Å²) in [6.45, 7) is 3.26. The number of hydrogen-bond acceptors (Lipinski definition) is 5. The number of hydrogen-bond donors (Lipinski definition) is 4. The Morgan fingerprint density at radius 1 is 1.76 bits per heavy atom. The second-order valence-corrected chi connectivity index (χ2v) is 5.33. The molecule has 1 aromatic rings. The molecule has 96 valence electrons. The minimum atomic E-state index is -3.65. The molecule has 1 heterocycles. The van der Waals surface area contributed by atoms with Crippen LogP contribution in [0.4, 0.5) is 0 Å². The summed E-state index contributed by atoms with van der Waals surface area (Å²) in [7, 11) is -3.65. The fraction of sp³-hybridized carbons (Fsp3) is 0.500. The van der Waals surface area contributed by atoms with Crippen LogP contribution in [0.5, 0.6) is 0 Å². The number of nitrogens with zero attached hydrogens (tertiary/aromatic N) is 2. The van der Waals surface area contributed by atoms with Crippen molar-refractivity contribution in [2.24, 2.45) is 10.9 Å². The Kier molecular flexibility index (Phi) is 4.07. The van der Waals surface area contributed by atoms with Crippen LogP contribution in [0.2, 0.25) is 0 Å². The monoisotopic (exact) mass is 261 g/mol. The van der Waals surface area contributed by atoms with Crippen molar-refractivity contribution in [1.82, 2.24) is 14.7 Å². The zero-order valence-corrected chi connectivity index (χ0v) is 10.3. The maximum atomic E-state index is 11.8. The van der Waals surface area contributed by atoms with Crippen LogP contribution in [0.1, 0.15) is 19.2 Å². The van der Waals surface area contributed by atoms with Gasteiger partial charge in [0.25, 0.3) is 10.0 Å². The standard InChI is InChI=1S/C8H15N5O3S/c1-5(3-7(9)12-14)13-17(15,16)8-4-10-6(2)11-8/h4-5,13-14H,3H2,1-2H3,(H2,9,12)(H,10,11). The Morgan fingerprint density at radius 3 is 2.88 bits per heavy atom. The minimum Gasteiger partial charge on any atom is -0.409 e. The summed E-state index contributed by atoms with van der Waals surface area (Å²) < 4.78 is 26.0. The largest absolute Gasteiger partial charge is 0.409 e. The smallest absolute Gasteiger partial charge is 0.257 e. The first-order valence-corrected chi connectivity index (χ1v) is 6.34. The average Bonchev–Trinajstić information content (AvgIpc) is 2.64. The number of aromatic nitrogens is 2. The van der Waals surface area contributed by atoms with E-state index < -0.39 is 16.1 Å². The van der Waals surface area contributed by atoms with Crippen LogP contribution in [0.15, 0.2) is 16.4 Å². The summed E-state index contributed by atoms with van der Waals surface area (Å²) >= 11 is 0. The molecule has 0 saturated carbocycles.